The molecule has 1 atom stereocenters. The van der Waals surface area contributed by atoms with Gasteiger partial charge in [0, 0.05) is 30.0 Å². The number of amides is 2. The van der Waals surface area contributed by atoms with Crippen LogP contribution >= 0.6 is 0 Å². The molecule has 23 heavy (non-hydrogen) atoms. The summed E-state index contributed by atoms with van der Waals surface area (Å²) >= 11 is 0. The molecule has 0 saturated heterocycles. The minimum Gasteiger partial charge on any atom is -0.351 e. The van der Waals surface area contributed by atoms with E-state index in [-0.39, 0.29) is 17.4 Å². The quantitative estimate of drug-likeness (QED) is 0.586. The van der Waals surface area contributed by atoms with Crippen molar-refractivity contribution in [2.45, 2.75) is 19.4 Å². The van der Waals surface area contributed by atoms with Gasteiger partial charge >= 0.3 is 6.03 Å². The Kier molecular flexibility index (Phi) is 5.93. The summed E-state index contributed by atoms with van der Waals surface area (Å²) in [5.74, 6) is -0.0632. The van der Waals surface area contributed by atoms with Crippen LogP contribution in [-0.4, -0.2) is 28.9 Å². The highest BCUT2D eigenvalue weighted by Crippen LogP contribution is 2.23. The van der Waals surface area contributed by atoms with Gasteiger partial charge in [-0.05, 0) is 12.0 Å². The molecule has 124 valence electrons. The standard InChI is InChI=1S/C15H20N4O4/c16-15(20)18-8-6-13(7-9-19(21)22)14(10-18)17-23-11-12-4-2-1-3-5-12/h1-5,10,13,17H,6-9,11H2,(H2,16,20). The molecule has 1 aromatic carbocycles. The number of carbonyl (C=O) groups excluding carboxylic acids is 1. The van der Waals surface area contributed by atoms with Gasteiger partial charge in [-0.15, -0.1) is 0 Å². The number of hydroxylamine groups is 1. The number of nitrogens with one attached hydrogen (secondary N) is 1. The maximum Gasteiger partial charge on any atom is 0.318 e. The second-order valence-electron chi connectivity index (χ2n) is 5.32. The van der Waals surface area contributed by atoms with E-state index in [1.54, 1.807) is 6.20 Å². The van der Waals surface area contributed by atoms with Crippen molar-refractivity contribution in [3.63, 3.8) is 0 Å². The van der Waals surface area contributed by atoms with Gasteiger partial charge in [-0.1, -0.05) is 30.3 Å². The SMILES string of the molecule is NC(=O)N1C=C(NOCc2ccccc2)C(CC[N+](=O)[O-])CC1. The number of rotatable bonds is 7. The van der Waals surface area contributed by atoms with E-state index in [1.165, 1.54) is 4.90 Å². The van der Waals surface area contributed by atoms with Crippen molar-refractivity contribution in [1.29, 1.82) is 0 Å². The van der Waals surface area contributed by atoms with Crippen LogP contribution in [0.1, 0.15) is 18.4 Å². The molecule has 2 rings (SSSR count). The first kappa shape index (κ1) is 16.8. The summed E-state index contributed by atoms with van der Waals surface area (Å²) in [6.07, 6.45) is 2.55. The Balaban J connectivity index is 1.96. The highest BCUT2D eigenvalue weighted by Gasteiger charge is 2.25. The number of allylic oxidation sites excluding steroid dienone is 1. The minimum absolute atomic E-state index is 0.0632. The molecule has 2 amide bonds. The lowest BCUT2D eigenvalue weighted by Crippen LogP contribution is -2.39. The van der Waals surface area contributed by atoms with Crippen LogP contribution in [0.2, 0.25) is 0 Å². The average Bonchev–Trinajstić information content (AvgIpc) is 2.54. The fourth-order valence-corrected chi connectivity index (χ4v) is 2.41. The molecule has 0 spiro atoms. The van der Waals surface area contributed by atoms with Crippen molar-refractivity contribution in [1.82, 2.24) is 10.4 Å². The van der Waals surface area contributed by atoms with Crippen LogP contribution in [0.25, 0.3) is 0 Å². The van der Waals surface area contributed by atoms with E-state index in [0.717, 1.165) is 5.56 Å². The Hall–Kier alpha value is -2.61. The van der Waals surface area contributed by atoms with Gasteiger partial charge in [0.2, 0.25) is 6.54 Å². The van der Waals surface area contributed by atoms with Crippen molar-refractivity contribution in [2.24, 2.45) is 11.7 Å². The summed E-state index contributed by atoms with van der Waals surface area (Å²) < 4.78 is 0. The largest absolute Gasteiger partial charge is 0.351 e. The lowest BCUT2D eigenvalue weighted by atomic mass is 9.95. The average molecular weight is 320 g/mol. The van der Waals surface area contributed by atoms with Gasteiger partial charge in [0.1, 0.15) is 0 Å². The molecule has 0 saturated carbocycles. The second kappa shape index (κ2) is 8.14. The summed E-state index contributed by atoms with van der Waals surface area (Å²) in [6, 6.07) is 9.04. The number of urea groups is 1. The first-order valence-electron chi connectivity index (χ1n) is 7.37. The summed E-state index contributed by atoms with van der Waals surface area (Å²) in [4.78, 5) is 28.3. The molecular formula is C15H20N4O4. The van der Waals surface area contributed by atoms with Crippen LogP contribution in [0.3, 0.4) is 0 Å². The van der Waals surface area contributed by atoms with Crippen molar-refractivity contribution in [2.75, 3.05) is 13.1 Å². The molecule has 1 aliphatic rings. The fraction of sp³-hybridized carbons (Fsp3) is 0.400. The zero-order valence-electron chi connectivity index (χ0n) is 12.7. The monoisotopic (exact) mass is 320 g/mol. The Morgan fingerprint density at radius 3 is 2.83 bits per heavy atom. The van der Waals surface area contributed by atoms with E-state index in [2.05, 4.69) is 5.48 Å². The van der Waals surface area contributed by atoms with Crippen LogP contribution < -0.4 is 11.2 Å². The van der Waals surface area contributed by atoms with E-state index in [1.807, 2.05) is 30.3 Å². The molecule has 3 N–H and O–H groups in total. The van der Waals surface area contributed by atoms with Crippen LogP contribution in [0.5, 0.6) is 0 Å². The Morgan fingerprint density at radius 2 is 2.17 bits per heavy atom. The first-order valence-corrected chi connectivity index (χ1v) is 7.37. The molecular weight excluding hydrogens is 300 g/mol. The summed E-state index contributed by atoms with van der Waals surface area (Å²) in [7, 11) is 0. The van der Waals surface area contributed by atoms with Crippen molar-refractivity contribution >= 4 is 6.03 Å². The molecule has 0 aromatic heterocycles. The Morgan fingerprint density at radius 1 is 1.43 bits per heavy atom. The number of benzene rings is 1. The zero-order valence-corrected chi connectivity index (χ0v) is 12.7. The molecule has 0 aliphatic carbocycles. The summed E-state index contributed by atoms with van der Waals surface area (Å²) in [5.41, 5.74) is 9.72. The first-order chi connectivity index (χ1) is 11.1. The Labute approximate surface area is 134 Å². The number of carbonyl (C=O) groups is 1. The van der Waals surface area contributed by atoms with Gasteiger partial charge in [0.15, 0.2) is 0 Å². The van der Waals surface area contributed by atoms with Gasteiger partial charge < -0.3 is 5.73 Å². The number of primary amides is 1. The maximum atomic E-state index is 11.3. The number of nitrogens with zero attached hydrogens (tertiary/aromatic N) is 2. The van der Waals surface area contributed by atoms with Crippen molar-refractivity contribution in [3.05, 3.63) is 57.9 Å². The van der Waals surface area contributed by atoms with E-state index in [9.17, 15) is 14.9 Å². The third kappa shape index (κ3) is 5.26. The predicted molar refractivity (Wildman–Crippen MR) is 83.3 cm³/mol. The number of hydrogen-bond acceptors (Lipinski definition) is 5. The lowest BCUT2D eigenvalue weighted by Gasteiger charge is -2.29. The van der Waals surface area contributed by atoms with Gasteiger partial charge in [-0.2, -0.15) is 0 Å². The van der Waals surface area contributed by atoms with Crippen molar-refractivity contribution in [3.8, 4) is 0 Å². The minimum atomic E-state index is -0.555. The van der Waals surface area contributed by atoms with Gasteiger partial charge in [0.05, 0.1) is 12.3 Å². The van der Waals surface area contributed by atoms with Crippen LogP contribution in [0.4, 0.5) is 4.79 Å². The van der Waals surface area contributed by atoms with Crippen molar-refractivity contribution < 1.29 is 14.6 Å². The van der Waals surface area contributed by atoms with Crippen LogP contribution in [-0.2, 0) is 11.4 Å². The molecule has 1 unspecified atom stereocenters. The van der Waals surface area contributed by atoms with Gasteiger partial charge in [0.25, 0.3) is 0 Å². The molecule has 1 aromatic rings. The molecule has 8 nitrogen and oxygen atoms in total. The number of hydrogen-bond donors (Lipinski definition) is 2. The van der Waals surface area contributed by atoms with Gasteiger partial charge in [-0.25, -0.2) is 4.79 Å². The third-order valence-electron chi connectivity index (χ3n) is 3.67. The van der Waals surface area contributed by atoms with E-state index >= 15 is 0 Å². The second-order valence-corrected chi connectivity index (χ2v) is 5.32. The van der Waals surface area contributed by atoms with Gasteiger partial charge in [-0.3, -0.25) is 25.3 Å². The predicted octanol–water partition coefficient (Wildman–Crippen LogP) is 1.62. The Bertz CT molecular complexity index is 576. The lowest BCUT2D eigenvalue weighted by molar-refractivity contribution is -0.481. The maximum absolute atomic E-state index is 11.3. The van der Waals surface area contributed by atoms with E-state index in [4.69, 9.17) is 10.6 Å². The third-order valence-corrected chi connectivity index (χ3v) is 3.67. The molecule has 1 aliphatic heterocycles. The van der Waals surface area contributed by atoms with Crippen LogP contribution in [0.15, 0.2) is 42.2 Å². The summed E-state index contributed by atoms with van der Waals surface area (Å²) in [5, 5.41) is 10.6. The van der Waals surface area contributed by atoms with Crippen LogP contribution in [0, 0.1) is 16.0 Å². The summed E-state index contributed by atoms with van der Waals surface area (Å²) in [6.45, 7) is 0.664. The van der Waals surface area contributed by atoms with E-state index < -0.39 is 6.03 Å². The molecule has 0 fully saturated rings. The molecule has 8 heteroatoms. The highest BCUT2D eigenvalue weighted by atomic mass is 16.6. The topological polar surface area (TPSA) is 111 Å². The van der Waals surface area contributed by atoms with E-state index in [0.29, 0.717) is 31.7 Å². The number of nitrogens with two attached hydrogens (primary N) is 1. The molecule has 0 radical (unpaired) electrons. The normalized spacial score (nSPS) is 17.5. The highest BCUT2D eigenvalue weighted by molar-refractivity contribution is 5.73. The smallest absolute Gasteiger partial charge is 0.318 e. The molecule has 1 heterocycles. The fourth-order valence-electron chi connectivity index (χ4n) is 2.41. The number of nitro groups is 1. The zero-order chi connectivity index (χ0) is 16.7. The molecule has 0 bridgehead atoms.